The number of hydrogen-bond donors (Lipinski definition) is 2. The summed E-state index contributed by atoms with van der Waals surface area (Å²) in [6, 6.07) is 12.3. The quantitative estimate of drug-likeness (QED) is 0.581. The summed E-state index contributed by atoms with van der Waals surface area (Å²) < 4.78 is 5.49. The number of amides is 1. The lowest BCUT2D eigenvalue weighted by Gasteiger charge is -2.17. The monoisotopic (exact) mass is 364 g/mol. The highest BCUT2D eigenvalue weighted by Gasteiger charge is 2.18. The molecule has 0 radical (unpaired) electrons. The molecule has 0 aromatic heterocycles. The molecule has 0 saturated carbocycles. The van der Waals surface area contributed by atoms with Crippen molar-refractivity contribution < 1.29 is 19.6 Å². The zero-order valence-corrected chi connectivity index (χ0v) is 14.1. The first-order valence-electron chi connectivity index (χ1n) is 7.50. The first kappa shape index (κ1) is 18.7. The minimum atomic E-state index is -0.989. The number of rotatable bonds is 7. The van der Waals surface area contributed by atoms with Crippen molar-refractivity contribution >= 4 is 23.2 Å². The van der Waals surface area contributed by atoms with E-state index in [0.29, 0.717) is 16.3 Å². The molecule has 2 aromatic rings. The number of nitrogens with one attached hydrogen (secondary N) is 1. The summed E-state index contributed by atoms with van der Waals surface area (Å²) in [6.07, 6.45) is -1.79. The molecule has 0 unspecified atom stereocenters. The molecule has 8 heteroatoms. The van der Waals surface area contributed by atoms with Crippen LogP contribution in [0.2, 0.25) is 5.02 Å². The average molecular weight is 365 g/mol. The fourth-order valence-electron chi connectivity index (χ4n) is 2.06. The van der Waals surface area contributed by atoms with E-state index in [9.17, 15) is 20.0 Å². The number of aliphatic hydroxyl groups is 1. The van der Waals surface area contributed by atoms with Gasteiger partial charge in [-0.2, -0.15) is 0 Å². The van der Waals surface area contributed by atoms with Gasteiger partial charge in [-0.15, -0.1) is 0 Å². The maximum absolute atomic E-state index is 12.1. The zero-order chi connectivity index (χ0) is 18.4. The van der Waals surface area contributed by atoms with Crippen LogP contribution < -0.4 is 10.1 Å². The Bertz CT molecular complexity index is 751. The van der Waals surface area contributed by atoms with Crippen molar-refractivity contribution in [1.29, 1.82) is 0 Å². The molecule has 0 fully saturated rings. The molecule has 0 bridgehead atoms. The lowest BCUT2D eigenvalue weighted by atomic mass is 10.1. The minimum absolute atomic E-state index is 0.0487. The van der Waals surface area contributed by atoms with Crippen molar-refractivity contribution in [1.82, 2.24) is 5.32 Å². The van der Waals surface area contributed by atoms with Crippen molar-refractivity contribution in [3.8, 4) is 5.75 Å². The highest BCUT2D eigenvalue weighted by atomic mass is 35.5. The molecular formula is C17H17ClN2O5. The van der Waals surface area contributed by atoms with E-state index in [4.69, 9.17) is 16.3 Å². The second-order valence-corrected chi connectivity index (χ2v) is 5.71. The predicted molar refractivity (Wildman–Crippen MR) is 92.6 cm³/mol. The number of ether oxygens (including phenoxy) is 1. The molecule has 2 atom stereocenters. The maximum Gasteiger partial charge on any atom is 0.269 e. The Kier molecular flexibility index (Phi) is 6.32. The molecule has 2 aromatic carbocycles. The Morgan fingerprint density at radius 1 is 1.28 bits per heavy atom. The number of hydrogen-bond acceptors (Lipinski definition) is 5. The number of carbonyl (C=O) groups is 1. The molecule has 132 valence electrons. The molecule has 7 nitrogen and oxygen atoms in total. The van der Waals surface area contributed by atoms with Crippen LogP contribution in [0.5, 0.6) is 5.75 Å². The van der Waals surface area contributed by atoms with E-state index in [1.54, 1.807) is 31.2 Å². The molecule has 2 rings (SSSR count). The van der Waals surface area contributed by atoms with Crippen LogP contribution in [0.15, 0.2) is 48.5 Å². The second kappa shape index (κ2) is 8.46. The van der Waals surface area contributed by atoms with Gasteiger partial charge in [-0.05, 0) is 36.8 Å². The smallest absolute Gasteiger partial charge is 0.269 e. The molecule has 0 aliphatic carbocycles. The summed E-state index contributed by atoms with van der Waals surface area (Å²) >= 11 is 5.97. The number of carbonyl (C=O) groups excluding carboxylic acids is 1. The molecule has 2 N–H and O–H groups in total. The van der Waals surface area contributed by atoms with Gasteiger partial charge in [-0.25, -0.2) is 0 Å². The third kappa shape index (κ3) is 5.17. The van der Waals surface area contributed by atoms with Gasteiger partial charge >= 0.3 is 0 Å². The van der Waals surface area contributed by atoms with Crippen molar-refractivity contribution in [2.75, 3.05) is 6.54 Å². The summed E-state index contributed by atoms with van der Waals surface area (Å²) in [4.78, 5) is 22.1. The Hall–Kier alpha value is -2.64. The molecule has 1 amide bonds. The standard InChI is InChI=1S/C17H17ClN2O5/c1-11(25-16-5-3-2-4-14(16)18)17(22)19-10-15(21)12-6-8-13(9-7-12)20(23)24/h2-9,11,15,21H,10H2,1H3,(H,19,22)/t11-,15+/m0/s1. The average Bonchev–Trinajstić information content (AvgIpc) is 2.61. The molecule has 25 heavy (non-hydrogen) atoms. The van der Waals surface area contributed by atoms with Gasteiger partial charge in [0.15, 0.2) is 6.10 Å². The van der Waals surface area contributed by atoms with Crippen molar-refractivity contribution in [3.63, 3.8) is 0 Å². The number of nitro benzene ring substituents is 1. The molecule has 0 spiro atoms. The summed E-state index contributed by atoms with van der Waals surface area (Å²) in [5, 5.41) is 23.6. The van der Waals surface area contributed by atoms with Gasteiger partial charge in [0.05, 0.1) is 16.0 Å². The number of nitrogens with zero attached hydrogens (tertiary/aromatic N) is 1. The predicted octanol–water partition coefficient (Wildman–Crippen LogP) is 2.87. The fraction of sp³-hybridized carbons (Fsp3) is 0.235. The molecule has 0 aliphatic heterocycles. The molecule has 0 saturated heterocycles. The SMILES string of the molecule is C[C@H](Oc1ccccc1Cl)C(=O)NC[C@@H](O)c1ccc([N+](=O)[O-])cc1. The summed E-state index contributed by atoms with van der Waals surface area (Å²) in [5.41, 5.74) is 0.396. The Labute approximate surface area is 149 Å². The van der Waals surface area contributed by atoms with Gasteiger partial charge in [0.25, 0.3) is 11.6 Å². The second-order valence-electron chi connectivity index (χ2n) is 5.30. The van der Waals surface area contributed by atoms with Crippen LogP contribution in [0.3, 0.4) is 0 Å². The van der Waals surface area contributed by atoms with E-state index in [1.165, 1.54) is 24.3 Å². The number of benzene rings is 2. The molecule has 0 heterocycles. The van der Waals surface area contributed by atoms with E-state index in [0.717, 1.165) is 0 Å². The molecule has 0 aliphatic rings. The van der Waals surface area contributed by atoms with Gasteiger partial charge in [-0.3, -0.25) is 14.9 Å². The number of aliphatic hydroxyl groups excluding tert-OH is 1. The van der Waals surface area contributed by atoms with Gasteiger partial charge < -0.3 is 15.2 Å². The Morgan fingerprint density at radius 3 is 2.52 bits per heavy atom. The van der Waals surface area contributed by atoms with E-state index < -0.39 is 23.0 Å². The highest BCUT2D eigenvalue weighted by Crippen LogP contribution is 2.24. The zero-order valence-electron chi connectivity index (χ0n) is 13.4. The van der Waals surface area contributed by atoms with Crippen LogP contribution >= 0.6 is 11.6 Å². The number of halogens is 1. The van der Waals surface area contributed by atoms with Crippen molar-refractivity contribution in [2.45, 2.75) is 19.1 Å². The van der Waals surface area contributed by atoms with Crippen LogP contribution in [0.1, 0.15) is 18.6 Å². The van der Waals surface area contributed by atoms with Crippen molar-refractivity contribution in [3.05, 3.63) is 69.2 Å². The molecular weight excluding hydrogens is 348 g/mol. The first-order chi connectivity index (χ1) is 11.9. The van der Waals surface area contributed by atoms with E-state index in [1.807, 2.05) is 0 Å². The van der Waals surface area contributed by atoms with Gasteiger partial charge in [-0.1, -0.05) is 23.7 Å². The van der Waals surface area contributed by atoms with E-state index in [-0.39, 0.29) is 12.2 Å². The highest BCUT2D eigenvalue weighted by molar-refractivity contribution is 6.32. The van der Waals surface area contributed by atoms with Crippen LogP contribution in [0.4, 0.5) is 5.69 Å². The van der Waals surface area contributed by atoms with Gasteiger partial charge in [0.1, 0.15) is 5.75 Å². The lowest BCUT2D eigenvalue weighted by Crippen LogP contribution is -2.38. The maximum atomic E-state index is 12.1. The largest absolute Gasteiger partial charge is 0.479 e. The van der Waals surface area contributed by atoms with Gasteiger partial charge in [0, 0.05) is 18.7 Å². The number of nitro groups is 1. The number of non-ortho nitro benzene ring substituents is 1. The summed E-state index contributed by atoms with van der Waals surface area (Å²) in [7, 11) is 0. The lowest BCUT2D eigenvalue weighted by molar-refractivity contribution is -0.384. The summed E-state index contributed by atoms with van der Waals surface area (Å²) in [6.45, 7) is 1.52. The third-order valence-electron chi connectivity index (χ3n) is 3.47. The number of para-hydroxylation sites is 1. The fourth-order valence-corrected chi connectivity index (χ4v) is 2.24. The Balaban J connectivity index is 1.88. The normalized spacial score (nSPS) is 12.9. The minimum Gasteiger partial charge on any atom is -0.479 e. The topological polar surface area (TPSA) is 102 Å². The summed E-state index contributed by atoms with van der Waals surface area (Å²) in [5.74, 6) is -0.0244. The van der Waals surface area contributed by atoms with Gasteiger partial charge in [0.2, 0.25) is 0 Å². The van der Waals surface area contributed by atoms with Crippen LogP contribution in [0.25, 0.3) is 0 Å². The van der Waals surface area contributed by atoms with E-state index >= 15 is 0 Å². The van der Waals surface area contributed by atoms with Crippen LogP contribution in [0, 0.1) is 10.1 Å². The van der Waals surface area contributed by atoms with Crippen LogP contribution in [-0.4, -0.2) is 28.6 Å². The van der Waals surface area contributed by atoms with E-state index in [2.05, 4.69) is 5.32 Å². The van der Waals surface area contributed by atoms with Crippen molar-refractivity contribution in [2.24, 2.45) is 0 Å². The third-order valence-corrected chi connectivity index (χ3v) is 3.78. The Morgan fingerprint density at radius 2 is 1.92 bits per heavy atom. The van der Waals surface area contributed by atoms with Crippen LogP contribution in [-0.2, 0) is 4.79 Å². The first-order valence-corrected chi connectivity index (χ1v) is 7.87.